The summed E-state index contributed by atoms with van der Waals surface area (Å²) in [5.74, 6) is 1.36. The van der Waals surface area contributed by atoms with E-state index in [4.69, 9.17) is 4.42 Å². The van der Waals surface area contributed by atoms with Gasteiger partial charge >= 0.3 is 0 Å². The molecule has 1 atom stereocenters. The van der Waals surface area contributed by atoms with E-state index in [9.17, 15) is 0 Å². The van der Waals surface area contributed by atoms with Crippen molar-refractivity contribution in [2.45, 2.75) is 31.8 Å². The molecule has 0 aliphatic carbocycles. The zero-order valence-electron chi connectivity index (χ0n) is 12.8. The number of aromatic nitrogens is 3. The predicted octanol–water partition coefficient (Wildman–Crippen LogP) is 3.92. The number of rotatable bonds is 4. The van der Waals surface area contributed by atoms with E-state index >= 15 is 0 Å². The molecule has 0 radical (unpaired) electrons. The second-order valence-electron chi connectivity index (χ2n) is 5.77. The van der Waals surface area contributed by atoms with Crippen molar-refractivity contribution in [3.63, 3.8) is 0 Å². The standard InChI is InChI=1S/C17H18N4OS/c1-2-9-21(12-13-5-3-8-18-11-13)14(6-1)16-19-20-17(22-16)15-7-4-10-23-15/h3-5,7-8,10-11,14H,1-2,6,9,12H2/t14-/m1/s1. The predicted molar refractivity (Wildman–Crippen MR) is 88.9 cm³/mol. The summed E-state index contributed by atoms with van der Waals surface area (Å²) in [5.41, 5.74) is 1.22. The molecule has 6 heteroatoms. The van der Waals surface area contributed by atoms with Gasteiger partial charge in [0.15, 0.2) is 0 Å². The zero-order chi connectivity index (χ0) is 15.5. The summed E-state index contributed by atoms with van der Waals surface area (Å²) in [6.45, 7) is 1.92. The molecular formula is C17H18N4OS. The van der Waals surface area contributed by atoms with Crippen molar-refractivity contribution in [2.24, 2.45) is 0 Å². The lowest BCUT2D eigenvalue weighted by atomic mass is 10.0. The molecule has 23 heavy (non-hydrogen) atoms. The van der Waals surface area contributed by atoms with Crippen molar-refractivity contribution in [3.8, 4) is 10.8 Å². The normalized spacial score (nSPS) is 19.0. The van der Waals surface area contributed by atoms with Gasteiger partial charge in [-0.2, -0.15) is 0 Å². The quantitative estimate of drug-likeness (QED) is 0.727. The first-order valence-corrected chi connectivity index (χ1v) is 8.78. The molecular weight excluding hydrogens is 308 g/mol. The summed E-state index contributed by atoms with van der Waals surface area (Å²) < 4.78 is 5.97. The Bertz CT molecular complexity index is 741. The fraction of sp³-hybridized carbons (Fsp3) is 0.353. The van der Waals surface area contributed by atoms with E-state index < -0.39 is 0 Å². The lowest BCUT2D eigenvalue weighted by Gasteiger charge is -2.33. The van der Waals surface area contributed by atoms with Gasteiger partial charge in [-0.15, -0.1) is 21.5 Å². The Morgan fingerprint density at radius 2 is 2.22 bits per heavy atom. The van der Waals surface area contributed by atoms with E-state index in [1.807, 2.05) is 36.0 Å². The number of hydrogen-bond donors (Lipinski definition) is 0. The van der Waals surface area contributed by atoms with Gasteiger partial charge in [-0.3, -0.25) is 9.88 Å². The van der Waals surface area contributed by atoms with Crippen LogP contribution < -0.4 is 0 Å². The van der Waals surface area contributed by atoms with Gasteiger partial charge in [0.25, 0.3) is 5.89 Å². The highest BCUT2D eigenvalue weighted by Crippen LogP contribution is 2.33. The maximum Gasteiger partial charge on any atom is 0.257 e. The van der Waals surface area contributed by atoms with E-state index in [0.717, 1.165) is 30.3 Å². The molecule has 0 unspecified atom stereocenters. The molecule has 0 aromatic carbocycles. The molecule has 0 bridgehead atoms. The second kappa shape index (κ2) is 6.60. The maximum absolute atomic E-state index is 5.97. The third kappa shape index (κ3) is 3.18. The van der Waals surface area contributed by atoms with Crippen molar-refractivity contribution >= 4 is 11.3 Å². The number of nitrogens with zero attached hydrogens (tertiary/aromatic N) is 4. The first-order chi connectivity index (χ1) is 11.4. The summed E-state index contributed by atoms with van der Waals surface area (Å²) >= 11 is 1.62. The molecule has 0 saturated carbocycles. The average molecular weight is 326 g/mol. The van der Waals surface area contributed by atoms with Crippen LogP contribution in [0.25, 0.3) is 10.8 Å². The van der Waals surface area contributed by atoms with Crippen molar-refractivity contribution in [1.82, 2.24) is 20.1 Å². The molecule has 1 fully saturated rings. The van der Waals surface area contributed by atoms with E-state index in [2.05, 4.69) is 26.1 Å². The number of hydrogen-bond acceptors (Lipinski definition) is 6. The molecule has 1 aliphatic rings. The van der Waals surface area contributed by atoms with Crippen LogP contribution in [0, 0.1) is 0 Å². The van der Waals surface area contributed by atoms with Gasteiger partial charge in [0, 0.05) is 18.9 Å². The minimum atomic E-state index is 0.199. The van der Waals surface area contributed by atoms with Crippen LogP contribution in [-0.4, -0.2) is 26.6 Å². The Morgan fingerprint density at radius 1 is 1.22 bits per heavy atom. The topological polar surface area (TPSA) is 55.1 Å². The van der Waals surface area contributed by atoms with Gasteiger partial charge in [-0.25, -0.2) is 0 Å². The molecule has 4 heterocycles. The minimum absolute atomic E-state index is 0.199. The summed E-state index contributed by atoms with van der Waals surface area (Å²) in [5, 5.41) is 10.6. The van der Waals surface area contributed by atoms with Crippen LogP contribution in [0.5, 0.6) is 0 Å². The lowest BCUT2D eigenvalue weighted by Crippen LogP contribution is -2.33. The van der Waals surface area contributed by atoms with Gasteiger partial charge in [0.1, 0.15) is 0 Å². The average Bonchev–Trinajstić information content (AvgIpc) is 3.28. The van der Waals surface area contributed by atoms with Crippen LogP contribution in [0.15, 0.2) is 46.5 Å². The van der Waals surface area contributed by atoms with Crippen molar-refractivity contribution in [1.29, 1.82) is 0 Å². The summed E-state index contributed by atoms with van der Waals surface area (Å²) in [6.07, 6.45) is 7.21. The molecule has 0 N–H and O–H groups in total. The summed E-state index contributed by atoms with van der Waals surface area (Å²) in [4.78, 5) is 7.66. The largest absolute Gasteiger partial charge is 0.418 e. The second-order valence-corrected chi connectivity index (χ2v) is 6.71. The van der Waals surface area contributed by atoms with Crippen LogP contribution in [0.4, 0.5) is 0 Å². The number of thiophene rings is 1. The van der Waals surface area contributed by atoms with E-state index in [-0.39, 0.29) is 6.04 Å². The van der Waals surface area contributed by atoms with Crippen LogP contribution in [0.2, 0.25) is 0 Å². The monoisotopic (exact) mass is 326 g/mol. The Balaban J connectivity index is 1.55. The fourth-order valence-corrected chi connectivity index (χ4v) is 3.70. The minimum Gasteiger partial charge on any atom is -0.418 e. The number of piperidine rings is 1. The summed E-state index contributed by atoms with van der Waals surface area (Å²) in [6, 6.07) is 8.31. The maximum atomic E-state index is 5.97. The number of likely N-dealkylation sites (tertiary alicyclic amines) is 1. The van der Waals surface area contributed by atoms with E-state index in [0.29, 0.717) is 5.89 Å². The van der Waals surface area contributed by atoms with Gasteiger partial charge in [0.2, 0.25) is 5.89 Å². The van der Waals surface area contributed by atoms with Crippen LogP contribution in [0.1, 0.15) is 36.8 Å². The fourth-order valence-electron chi connectivity index (χ4n) is 3.06. The van der Waals surface area contributed by atoms with Gasteiger partial charge < -0.3 is 4.42 Å². The Labute approximate surface area is 139 Å². The third-order valence-corrected chi connectivity index (χ3v) is 5.04. The highest BCUT2D eigenvalue weighted by atomic mass is 32.1. The Morgan fingerprint density at radius 3 is 3.04 bits per heavy atom. The zero-order valence-corrected chi connectivity index (χ0v) is 13.6. The Kier molecular flexibility index (Phi) is 4.17. The van der Waals surface area contributed by atoms with Crippen LogP contribution in [0.3, 0.4) is 0 Å². The molecule has 0 amide bonds. The first-order valence-electron chi connectivity index (χ1n) is 7.90. The molecule has 1 saturated heterocycles. The lowest BCUT2D eigenvalue weighted by molar-refractivity contribution is 0.118. The molecule has 3 aromatic heterocycles. The van der Waals surface area contributed by atoms with Gasteiger partial charge in [-0.05, 0) is 42.5 Å². The van der Waals surface area contributed by atoms with Gasteiger partial charge in [-0.1, -0.05) is 18.6 Å². The molecule has 3 aromatic rings. The van der Waals surface area contributed by atoms with Crippen molar-refractivity contribution in [3.05, 3.63) is 53.5 Å². The SMILES string of the molecule is c1cncc(CN2CCCC[C@@H]2c2nnc(-c3cccs3)o2)c1. The van der Waals surface area contributed by atoms with Gasteiger partial charge in [0.05, 0.1) is 10.9 Å². The van der Waals surface area contributed by atoms with E-state index in [1.165, 1.54) is 18.4 Å². The van der Waals surface area contributed by atoms with Crippen LogP contribution in [-0.2, 0) is 6.54 Å². The van der Waals surface area contributed by atoms with Crippen molar-refractivity contribution in [2.75, 3.05) is 6.54 Å². The summed E-state index contributed by atoms with van der Waals surface area (Å²) in [7, 11) is 0. The first kappa shape index (κ1) is 14.5. The number of pyridine rings is 1. The molecule has 4 rings (SSSR count). The van der Waals surface area contributed by atoms with Crippen molar-refractivity contribution < 1.29 is 4.42 Å². The smallest absolute Gasteiger partial charge is 0.257 e. The molecule has 1 aliphatic heterocycles. The highest BCUT2D eigenvalue weighted by Gasteiger charge is 2.28. The van der Waals surface area contributed by atoms with Crippen LogP contribution >= 0.6 is 11.3 Å². The molecule has 118 valence electrons. The molecule has 5 nitrogen and oxygen atoms in total. The molecule has 0 spiro atoms. The van der Waals surface area contributed by atoms with E-state index in [1.54, 1.807) is 11.3 Å². The highest BCUT2D eigenvalue weighted by molar-refractivity contribution is 7.13. The third-order valence-electron chi connectivity index (χ3n) is 4.18. The Hall–Kier alpha value is -2.05.